The molecule has 0 aromatic rings. The molecule has 0 amide bonds. The highest BCUT2D eigenvalue weighted by atomic mass is 16.1. The summed E-state index contributed by atoms with van der Waals surface area (Å²) in [6, 6.07) is 1.94. The SMILES string of the molecule is CC1=CC(=O)C(CCC#N)=CC1=O. The van der Waals surface area contributed by atoms with Crippen LogP contribution < -0.4 is 0 Å². The summed E-state index contributed by atoms with van der Waals surface area (Å²) in [5.41, 5.74) is 0.905. The van der Waals surface area contributed by atoms with Gasteiger partial charge in [-0.1, -0.05) is 0 Å². The van der Waals surface area contributed by atoms with Crippen LogP contribution in [0.25, 0.3) is 0 Å². The second-order valence-electron chi connectivity index (χ2n) is 2.88. The van der Waals surface area contributed by atoms with E-state index >= 15 is 0 Å². The number of hydrogen-bond acceptors (Lipinski definition) is 3. The van der Waals surface area contributed by atoms with Crippen molar-refractivity contribution in [2.45, 2.75) is 19.8 Å². The highest BCUT2D eigenvalue weighted by molar-refractivity contribution is 6.19. The van der Waals surface area contributed by atoms with Crippen LogP contribution in [-0.4, -0.2) is 11.6 Å². The first kappa shape index (κ1) is 9.40. The standard InChI is InChI=1S/C10H9NO2/c1-7-5-10(13)8(3-2-4-11)6-9(7)12/h5-6H,2-3H2,1H3. The normalized spacial score (nSPS) is 16.3. The average Bonchev–Trinajstić information content (AvgIpc) is 2.09. The predicted octanol–water partition coefficient (Wildman–Crippen LogP) is 1.31. The minimum absolute atomic E-state index is 0.132. The fourth-order valence-electron chi connectivity index (χ4n) is 1.09. The number of carbonyl (C=O) groups excluding carboxylic acids is 2. The maximum absolute atomic E-state index is 11.2. The molecule has 0 saturated heterocycles. The van der Waals surface area contributed by atoms with Crippen molar-refractivity contribution in [3.63, 3.8) is 0 Å². The fourth-order valence-corrected chi connectivity index (χ4v) is 1.09. The van der Waals surface area contributed by atoms with Gasteiger partial charge in [-0.25, -0.2) is 0 Å². The van der Waals surface area contributed by atoms with Gasteiger partial charge in [-0.2, -0.15) is 5.26 Å². The van der Waals surface area contributed by atoms with Gasteiger partial charge in [-0.15, -0.1) is 0 Å². The Morgan fingerprint density at radius 3 is 2.62 bits per heavy atom. The van der Waals surface area contributed by atoms with E-state index in [0.29, 0.717) is 17.6 Å². The van der Waals surface area contributed by atoms with Gasteiger partial charge in [0.1, 0.15) is 0 Å². The number of nitrogens with zero attached hydrogens (tertiary/aromatic N) is 1. The van der Waals surface area contributed by atoms with Gasteiger partial charge in [0.15, 0.2) is 11.6 Å². The molecule has 0 aromatic heterocycles. The Morgan fingerprint density at radius 2 is 2.00 bits per heavy atom. The van der Waals surface area contributed by atoms with Gasteiger partial charge in [0.25, 0.3) is 0 Å². The molecule has 0 saturated carbocycles. The van der Waals surface area contributed by atoms with Crippen LogP contribution in [0.1, 0.15) is 19.8 Å². The maximum atomic E-state index is 11.2. The van der Waals surface area contributed by atoms with Crippen LogP contribution in [0.2, 0.25) is 0 Å². The molecule has 1 aliphatic carbocycles. The molecule has 1 aliphatic rings. The minimum Gasteiger partial charge on any atom is -0.290 e. The van der Waals surface area contributed by atoms with Gasteiger partial charge in [-0.05, 0) is 25.5 Å². The average molecular weight is 175 g/mol. The van der Waals surface area contributed by atoms with Crippen LogP contribution in [0.5, 0.6) is 0 Å². The Bertz CT molecular complexity index is 356. The second-order valence-corrected chi connectivity index (χ2v) is 2.88. The monoisotopic (exact) mass is 175 g/mol. The van der Waals surface area contributed by atoms with Crippen molar-refractivity contribution in [3.05, 3.63) is 23.3 Å². The van der Waals surface area contributed by atoms with Crippen LogP contribution in [0.3, 0.4) is 0 Å². The summed E-state index contributed by atoms with van der Waals surface area (Å²) in [6.07, 6.45) is 3.30. The first-order valence-electron chi connectivity index (χ1n) is 3.99. The molecule has 0 radical (unpaired) electrons. The number of allylic oxidation sites excluding steroid dienone is 4. The molecule has 0 N–H and O–H groups in total. The summed E-state index contributed by atoms with van der Waals surface area (Å²) in [7, 11) is 0. The molecule has 3 nitrogen and oxygen atoms in total. The van der Waals surface area contributed by atoms with Crippen molar-refractivity contribution in [1.29, 1.82) is 5.26 Å². The molecule has 0 unspecified atom stereocenters. The van der Waals surface area contributed by atoms with E-state index in [-0.39, 0.29) is 18.0 Å². The fraction of sp³-hybridized carbons (Fsp3) is 0.300. The molecule has 0 aromatic carbocycles. The molecule has 0 spiro atoms. The quantitative estimate of drug-likeness (QED) is 0.594. The smallest absolute Gasteiger partial charge is 0.182 e. The predicted molar refractivity (Wildman–Crippen MR) is 46.7 cm³/mol. The number of rotatable bonds is 2. The zero-order valence-corrected chi connectivity index (χ0v) is 7.33. The van der Waals surface area contributed by atoms with E-state index in [9.17, 15) is 9.59 Å². The van der Waals surface area contributed by atoms with E-state index in [1.807, 2.05) is 6.07 Å². The largest absolute Gasteiger partial charge is 0.290 e. The van der Waals surface area contributed by atoms with Crippen molar-refractivity contribution in [2.24, 2.45) is 0 Å². The minimum atomic E-state index is -0.146. The van der Waals surface area contributed by atoms with E-state index in [1.54, 1.807) is 6.92 Å². The third kappa shape index (κ3) is 2.12. The van der Waals surface area contributed by atoms with E-state index in [2.05, 4.69) is 0 Å². The maximum Gasteiger partial charge on any atom is 0.182 e. The summed E-state index contributed by atoms with van der Waals surface area (Å²) in [4.78, 5) is 22.4. The Hall–Kier alpha value is -1.69. The lowest BCUT2D eigenvalue weighted by Crippen LogP contribution is -2.11. The Labute approximate surface area is 76.4 Å². The molecular weight excluding hydrogens is 166 g/mol. The molecule has 0 fully saturated rings. The number of ketones is 2. The first-order valence-corrected chi connectivity index (χ1v) is 3.99. The van der Waals surface area contributed by atoms with E-state index in [4.69, 9.17) is 5.26 Å². The van der Waals surface area contributed by atoms with Crippen LogP contribution in [0, 0.1) is 11.3 Å². The number of hydrogen-bond donors (Lipinski definition) is 0. The second kappa shape index (κ2) is 3.81. The van der Waals surface area contributed by atoms with E-state index < -0.39 is 0 Å². The van der Waals surface area contributed by atoms with Gasteiger partial charge in [0, 0.05) is 17.6 Å². The molecule has 3 heteroatoms. The van der Waals surface area contributed by atoms with Crippen LogP contribution in [0.15, 0.2) is 23.3 Å². The zero-order chi connectivity index (χ0) is 9.84. The van der Waals surface area contributed by atoms with Crippen LogP contribution in [0.4, 0.5) is 0 Å². The summed E-state index contributed by atoms with van der Waals surface area (Å²) in [5.74, 6) is -0.278. The summed E-state index contributed by atoms with van der Waals surface area (Å²) in [6.45, 7) is 1.61. The van der Waals surface area contributed by atoms with Crippen molar-refractivity contribution in [3.8, 4) is 6.07 Å². The van der Waals surface area contributed by atoms with Crippen molar-refractivity contribution in [2.75, 3.05) is 0 Å². The number of nitriles is 1. The van der Waals surface area contributed by atoms with Crippen LogP contribution >= 0.6 is 0 Å². The van der Waals surface area contributed by atoms with Gasteiger partial charge in [-0.3, -0.25) is 9.59 Å². The highest BCUT2D eigenvalue weighted by Gasteiger charge is 2.16. The molecule has 13 heavy (non-hydrogen) atoms. The molecule has 0 heterocycles. The Morgan fingerprint density at radius 1 is 1.31 bits per heavy atom. The lowest BCUT2D eigenvalue weighted by molar-refractivity contribution is -0.115. The topological polar surface area (TPSA) is 57.9 Å². The molecule has 1 rings (SSSR count). The van der Waals surface area contributed by atoms with Crippen molar-refractivity contribution >= 4 is 11.6 Å². The Balaban J connectivity index is 2.79. The summed E-state index contributed by atoms with van der Waals surface area (Å²) in [5, 5.41) is 8.31. The lowest BCUT2D eigenvalue weighted by Gasteiger charge is -2.07. The van der Waals surface area contributed by atoms with Gasteiger partial charge >= 0.3 is 0 Å². The number of carbonyl (C=O) groups is 2. The van der Waals surface area contributed by atoms with Gasteiger partial charge in [0.05, 0.1) is 6.07 Å². The highest BCUT2D eigenvalue weighted by Crippen LogP contribution is 2.15. The van der Waals surface area contributed by atoms with Gasteiger partial charge < -0.3 is 0 Å². The Kier molecular flexibility index (Phi) is 2.76. The molecule has 66 valence electrons. The van der Waals surface area contributed by atoms with Crippen molar-refractivity contribution < 1.29 is 9.59 Å². The molecule has 0 aliphatic heterocycles. The van der Waals surface area contributed by atoms with E-state index in [1.165, 1.54) is 12.2 Å². The summed E-state index contributed by atoms with van der Waals surface area (Å²) < 4.78 is 0. The molecule has 0 atom stereocenters. The molecule has 0 bridgehead atoms. The lowest BCUT2D eigenvalue weighted by atomic mass is 9.95. The molecular formula is C10H9NO2. The third-order valence-electron chi connectivity index (χ3n) is 1.86. The van der Waals surface area contributed by atoms with E-state index in [0.717, 1.165) is 0 Å². The zero-order valence-electron chi connectivity index (χ0n) is 7.33. The summed E-state index contributed by atoms with van der Waals surface area (Å²) >= 11 is 0. The first-order chi connectivity index (χ1) is 6.15. The third-order valence-corrected chi connectivity index (χ3v) is 1.86. The van der Waals surface area contributed by atoms with Crippen LogP contribution in [-0.2, 0) is 9.59 Å². The van der Waals surface area contributed by atoms with Crippen molar-refractivity contribution in [1.82, 2.24) is 0 Å². The van der Waals surface area contributed by atoms with Gasteiger partial charge in [0.2, 0.25) is 0 Å².